The van der Waals surface area contributed by atoms with Gasteiger partial charge in [-0.2, -0.15) is 0 Å². The number of amides is 1. The number of hydrogen-bond donors (Lipinski definition) is 0. The summed E-state index contributed by atoms with van der Waals surface area (Å²) in [6.07, 6.45) is 3.93. The van der Waals surface area contributed by atoms with Crippen molar-refractivity contribution in [2.24, 2.45) is 0 Å². The van der Waals surface area contributed by atoms with Crippen LogP contribution in [0.4, 0.5) is 0 Å². The molecule has 0 spiro atoms. The standard InChI is InChI=1S/C19H17N3O2S/c1-24-19-20-11-14(12-21-19)18(23)22-9-7-16-15(8-10-25-16)17(22)13-5-3-2-4-6-13/h2-6,8,10-12,17H,7,9H2,1H3/t17-/m1/s1. The van der Waals surface area contributed by atoms with Gasteiger partial charge in [-0.1, -0.05) is 30.3 Å². The van der Waals surface area contributed by atoms with Gasteiger partial charge in [0.15, 0.2) is 0 Å². The van der Waals surface area contributed by atoms with Crippen molar-refractivity contribution >= 4 is 17.2 Å². The molecule has 0 unspecified atom stereocenters. The second kappa shape index (κ2) is 6.64. The molecule has 0 N–H and O–H groups in total. The number of fused-ring (bicyclic) bond motifs is 1. The fraction of sp³-hybridized carbons (Fsp3) is 0.211. The van der Waals surface area contributed by atoms with Crippen LogP contribution in [0.5, 0.6) is 6.01 Å². The Morgan fingerprint density at radius 3 is 2.68 bits per heavy atom. The Balaban J connectivity index is 1.73. The maximum atomic E-state index is 13.1. The first kappa shape index (κ1) is 15.8. The van der Waals surface area contributed by atoms with E-state index in [1.54, 1.807) is 11.3 Å². The van der Waals surface area contributed by atoms with Gasteiger partial charge in [-0.3, -0.25) is 4.79 Å². The number of carbonyl (C=O) groups excluding carboxylic acids is 1. The zero-order valence-electron chi connectivity index (χ0n) is 13.8. The third-order valence-corrected chi connectivity index (χ3v) is 5.40. The van der Waals surface area contributed by atoms with Crippen molar-refractivity contribution in [2.75, 3.05) is 13.7 Å². The van der Waals surface area contributed by atoms with E-state index in [1.165, 1.54) is 29.9 Å². The molecule has 0 fully saturated rings. The average molecular weight is 351 g/mol. The fourth-order valence-electron chi connectivity index (χ4n) is 3.23. The zero-order chi connectivity index (χ0) is 17.2. The van der Waals surface area contributed by atoms with Crippen molar-refractivity contribution in [2.45, 2.75) is 12.5 Å². The molecule has 126 valence electrons. The lowest BCUT2D eigenvalue weighted by molar-refractivity contribution is 0.0695. The molecule has 0 aliphatic carbocycles. The maximum absolute atomic E-state index is 13.1. The molecule has 6 heteroatoms. The van der Waals surface area contributed by atoms with Gasteiger partial charge >= 0.3 is 6.01 Å². The van der Waals surface area contributed by atoms with E-state index in [-0.39, 0.29) is 18.0 Å². The first-order chi connectivity index (χ1) is 12.3. The summed E-state index contributed by atoms with van der Waals surface area (Å²) in [5.74, 6) is -0.0617. The molecule has 3 heterocycles. The van der Waals surface area contributed by atoms with E-state index in [0.29, 0.717) is 12.1 Å². The Hall–Kier alpha value is -2.73. The fourth-order valence-corrected chi connectivity index (χ4v) is 4.13. The highest BCUT2D eigenvalue weighted by atomic mass is 32.1. The Bertz CT molecular complexity index is 877. The molecular weight excluding hydrogens is 334 g/mol. The Morgan fingerprint density at radius 1 is 1.20 bits per heavy atom. The average Bonchev–Trinajstić information content (AvgIpc) is 3.16. The monoisotopic (exact) mass is 351 g/mol. The molecule has 5 nitrogen and oxygen atoms in total. The molecule has 0 saturated heterocycles. The predicted molar refractivity (Wildman–Crippen MR) is 95.9 cm³/mol. The number of hydrogen-bond acceptors (Lipinski definition) is 5. The highest BCUT2D eigenvalue weighted by molar-refractivity contribution is 7.10. The molecule has 1 aromatic carbocycles. The summed E-state index contributed by atoms with van der Waals surface area (Å²) in [5, 5.41) is 2.10. The van der Waals surface area contributed by atoms with Gasteiger partial charge in [0.1, 0.15) is 0 Å². The molecule has 1 aliphatic rings. The summed E-state index contributed by atoms with van der Waals surface area (Å²) >= 11 is 1.76. The number of carbonyl (C=O) groups is 1. The molecule has 0 bridgehead atoms. The van der Waals surface area contributed by atoms with E-state index in [4.69, 9.17) is 4.74 Å². The quantitative estimate of drug-likeness (QED) is 0.726. The number of rotatable bonds is 3. The molecule has 2 aromatic heterocycles. The number of ether oxygens (including phenoxy) is 1. The number of methoxy groups -OCH3 is 1. The van der Waals surface area contributed by atoms with Gasteiger partial charge in [0, 0.05) is 23.8 Å². The minimum Gasteiger partial charge on any atom is -0.467 e. The van der Waals surface area contributed by atoms with Crippen LogP contribution in [0.15, 0.2) is 54.2 Å². The van der Waals surface area contributed by atoms with Crippen LogP contribution in [0.25, 0.3) is 0 Å². The van der Waals surface area contributed by atoms with Gasteiger partial charge in [-0.25, -0.2) is 9.97 Å². The van der Waals surface area contributed by atoms with E-state index in [9.17, 15) is 4.79 Å². The molecule has 0 radical (unpaired) electrons. The number of benzene rings is 1. The highest BCUT2D eigenvalue weighted by Gasteiger charge is 2.33. The molecule has 0 saturated carbocycles. The van der Waals surface area contributed by atoms with Gasteiger partial charge in [-0.15, -0.1) is 11.3 Å². The van der Waals surface area contributed by atoms with E-state index in [1.807, 2.05) is 23.1 Å². The van der Waals surface area contributed by atoms with Crippen molar-refractivity contribution < 1.29 is 9.53 Å². The van der Waals surface area contributed by atoms with E-state index in [0.717, 1.165) is 12.0 Å². The van der Waals surface area contributed by atoms with Crippen molar-refractivity contribution in [1.82, 2.24) is 14.9 Å². The predicted octanol–water partition coefficient (Wildman–Crippen LogP) is 3.33. The van der Waals surface area contributed by atoms with Gasteiger partial charge in [0.2, 0.25) is 0 Å². The van der Waals surface area contributed by atoms with Crippen LogP contribution in [0.3, 0.4) is 0 Å². The summed E-state index contributed by atoms with van der Waals surface area (Å²) in [6, 6.07) is 12.5. The van der Waals surface area contributed by atoms with E-state index >= 15 is 0 Å². The number of aromatic nitrogens is 2. The summed E-state index contributed by atoms with van der Waals surface area (Å²) in [4.78, 5) is 24.5. The topological polar surface area (TPSA) is 55.3 Å². The lowest BCUT2D eigenvalue weighted by Gasteiger charge is -2.36. The molecule has 4 rings (SSSR count). The van der Waals surface area contributed by atoms with Crippen molar-refractivity contribution in [3.63, 3.8) is 0 Å². The number of thiophene rings is 1. The molecule has 1 amide bonds. The van der Waals surface area contributed by atoms with Gasteiger partial charge < -0.3 is 9.64 Å². The van der Waals surface area contributed by atoms with Crippen LogP contribution in [0.2, 0.25) is 0 Å². The SMILES string of the molecule is COc1ncc(C(=O)N2CCc3sccc3[C@H]2c2ccccc2)cn1. The summed E-state index contributed by atoms with van der Waals surface area (Å²) in [7, 11) is 1.50. The third kappa shape index (κ3) is 2.89. The van der Waals surface area contributed by atoms with Gasteiger partial charge in [-0.05, 0) is 29.0 Å². The van der Waals surface area contributed by atoms with Gasteiger partial charge in [0.25, 0.3) is 5.91 Å². The second-order valence-corrected chi connectivity index (χ2v) is 6.82. The molecule has 1 atom stereocenters. The summed E-state index contributed by atoms with van der Waals surface area (Å²) in [6.45, 7) is 0.679. The van der Waals surface area contributed by atoms with E-state index in [2.05, 4.69) is 33.5 Å². The van der Waals surface area contributed by atoms with Crippen molar-refractivity contribution in [1.29, 1.82) is 0 Å². The molecule has 3 aromatic rings. The summed E-state index contributed by atoms with van der Waals surface area (Å²) in [5.41, 5.74) is 2.80. The normalized spacial score (nSPS) is 16.4. The largest absolute Gasteiger partial charge is 0.467 e. The molecule has 25 heavy (non-hydrogen) atoms. The second-order valence-electron chi connectivity index (χ2n) is 5.82. The van der Waals surface area contributed by atoms with Crippen molar-refractivity contribution in [3.8, 4) is 6.01 Å². The first-order valence-electron chi connectivity index (χ1n) is 8.06. The maximum Gasteiger partial charge on any atom is 0.316 e. The molecular formula is C19H17N3O2S. The van der Waals surface area contributed by atoms with Crippen LogP contribution in [0, 0.1) is 0 Å². The minimum atomic E-state index is -0.0780. The van der Waals surface area contributed by atoms with Crippen LogP contribution in [-0.2, 0) is 6.42 Å². The van der Waals surface area contributed by atoms with Gasteiger partial charge in [0.05, 0.1) is 18.7 Å². The Labute approximate surface area is 149 Å². The summed E-state index contributed by atoms with van der Waals surface area (Å²) < 4.78 is 4.98. The highest BCUT2D eigenvalue weighted by Crippen LogP contribution is 2.38. The van der Waals surface area contributed by atoms with Crippen LogP contribution < -0.4 is 4.74 Å². The minimum absolute atomic E-state index is 0.0617. The molecule has 1 aliphatic heterocycles. The van der Waals surface area contributed by atoms with Crippen LogP contribution in [-0.4, -0.2) is 34.4 Å². The lowest BCUT2D eigenvalue weighted by atomic mass is 9.93. The van der Waals surface area contributed by atoms with Crippen LogP contribution in [0.1, 0.15) is 32.4 Å². The first-order valence-corrected chi connectivity index (χ1v) is 8.94. The Morgan fingerprint density at radius 2 is 1.96 bits per heavy atom. The third-order valence-electron chi connectivity index (χ3n) is 4.40. The van der Waals surface area contributed by atoms with Crippen molar-refractivity contribution in [3.05, 3.63) is 75.7 Å². The number of nitrogens with zero attached hydrogens (tertiary/aromatic N) is 3. The lowest BCUT2D eigenvalue weighted by Crippen LogP contribution is -2.40. The smallest absolute Gasteiger partial charge is 0.316 e. The van der Waals surface area contributed by atoms with E-state index < -0.39 is 0 Å². The Kier molecular flexibility index (Phi) is 4.19. The van der Waals surface area contributed by atoms with Crippen LogP contribution >= 0.6 is 11.3 Å². The zero-order valence-corrected chi connectivity index (χ0v) is 14.6.